The van der Waals surface area contributed by atoms with Crippen molar-refractivity contribution in [2.75, 3.05) is 45.2 Å². The second-order valence-electron chi connectivity index (χ2n) is 5.24. The first kappa shape index (κ1) is 14.0. The van der Waals surface area contributed by atoms with Crippen molar-refractivity contribution in [2.45, 2.75) is 13.0 Å². The van der Waals surface area contributed by atoms with E-state index in [1.807, 2.05) is 19.2 Å². The van der Waals surface area contributed by atoms with Gasteiger partial charge in [0.05, 0.1) is 0 Å². The van der Waals surface area contributed by atoms with Gasteiger partial charge in [0, 0.05) is 43.5 Å². The normalized spacial score (nSPS) is 20.6. The molecular weight excluding hydrogens is 238 g/mol. The standard InChI is InChI=1S/C15H23N3O/c1-12(19)13-4-6-14(7-5-13)18-9-8-17(3)15(11-18)10-16-2/h4-7,15-16H,8-11H2,1-3H3. The van der Waals surface area contributed by atoms with Crippen molar-refractivity contribution >= 4 is 11.5 Å². The minimum atomic E-state index is 0.123. The van der Waals surface area contributed by atoms with Gasteiger partial charge in [0.2, 0.25) is 0 Å². The van der Waals surface area contributed by atoms with Crippen molar-refractivity contribution in [3.05, 3.63) is 29.8 Å². The minimum absolute atomic E-state index is 0.123. The molecule has 1 aromatic carbocycles. The van der Waals surface area contributed by atoms with E-state index in [4.69, 9.17) is 0 Å². The van der Waals surface area contributed by atoms with Crippen molar-refractivity contribution in [1.82, 2.24) is 10.2 Å². The van der Waals surface area contributed by atoms with E-state index in [2.05, 4.69) is 34.3 Å². The first-order chi connectivity index (χ1) is 9.11. The van der Waals surface area contributed by atoms with Crippen LogP contribution in [-0.4, -0.2) is 57.0 Å². The van der Waals surface area contributed by atoms with Gasteiger partial charge in [-0.3, -0.25) is 9.69 Å². The van der Waals surface area contributed by atoms with Gasteiger partial charge in [-0.05, 0) is 45.3 Å². The molecule has 0 spiro atoms. The molecule has 104 valence electrons. The summed E-state index contributed by atoms with van der Waals surface area (Å²) in [5.74, 6) is 0.123. The summed E-state index contributed by atoms with van der Waals surface area (Å²) in [5, 5.41) is 3.25. The predicted molar refractivity (Wildman–Crippen MR) is 79.0 cm³/mol. The van der Waals surface area contributed by atoms with Crippen LogP contribution in [0.4, 0.5) is 5.69 Å². The highest BCUT2D eigenvalue weighted by Gasteiger charge is 2.23. The molecule has 1 aliphatic rings. The predicted octanol–water partition coefficient (Wildman–Crippen LogP) is 1.23. The number of nitrogens with zero attached hydrogens (tertiary/aromatic N) is 2. The van der Waals surface area contributed by atoms with Crippen LogP contribution in [-0.2, 0) is 0 Å². The van der Waals surface area contributed by atoms with Crippen LogP contribution >= 0.6 is 0 Å². The van der Waals surface area contributed by atoms with Crippen LogP contribution in [0.5, 0.6) is 0 Å². The number of ketones is 1. The molecule has 1 saturated heterocycles. The van der Waals surface area contributed by atoms with Crippen molar-refractivity contribution in [3.8, 4) is 0 Å². The number of anilines is 1. The van der Waals surface area contributed by atoms with Gasteiger partial charge in [-0.15, -0.1) is 0 Å². The van der Waals surface area contributed by atoms with Gasteiger partial charge < -0.3 is 10.2 Å². The number of Topliss-reactive ketones (excluding diaryl/α,β-unsaturated/α-hetero) is 1. The van der Waals surface area contributed by atoms with Crippen molar-refractivity contribution in [2.24, 2.45) is 0 Å². The van der Waals surface area contributed by atoms with Gasteiger partial charge in [-0.1, -0.05) is 0 Å². The van der Waals surface area contributed by atoms with E-state index in [0.29, 0.717) is 6.04 Å². The Morgan fingerprint density at radius 1 is 1.32 bits per heavy atom. The quantitative estimate of drug-likeness (QED) is 0.827. The summed E-state index contributed by atoms with van der Waals surface area (Å²) < 4.78 is 0. The van der Waals surface area contributed by atoms with Gasteiger partial charge in [-0.25, -0.2) is 0 Å². The Morgan fingerprint density at radius 2 is 2.00 bits per heavy atom. The molecule has 0 radical (unpaired) electrons. The first-order valence-corrected chi connectivity index (χ1v) is 6.82. The number of carbonyl (C=O) groups is 1. The molecule has 1 heterocycles. The molecule has 0 amide bonds. The van der Waals surface area contributed by atoms with Crippen LogP contribution in [0.15, 0.2) is 24.3 Å². The van der Waals surface area contributed by atoms with Crippen LogP contribution in [0.25, 0.3) is 0 Å². The number of likely N-dealkylation sites (N-methyl/N-ethyl adjacent to an activating group) is 2. The molecule has 1 atom stereocenters. The number of benzene rings is 1. The summed E-state index contributed by atoms with van der Waals surface area (Å²) in [7, 11) is 4.17. The fourth-order valence-electron chi connectivity index (χ4n) is 2.54. The molecule has 1 aliphatic heterocycles. The maximum atomic E-state index is 11.3. The van der Waals surface area contributed by atoms with Crippen LogP contribution in [0.1, 0.15) is 17.3 Å². The third-order valence-corrected chi connectivity index (χ3v) is 3.86. The molecule has 0 aliphatic carbocycles. The molecule has 4 nitrogen and oxygen atoms in total. The maximum absolute atomic E-state index is 11.3. The van der Waals surface area contributed by atoms with E-state index >= 15 is 0 Å². The van der Waals surface area contributed by atoms with Gasteiger partial charge in [0.15, 0.2) is 5.78 Å². The fourth-order valence-corrected chi connectivity index (χ4v) is 2.54. The van der Waals surface area contributed by atoms with Crippen LogP contribution < -0.4 is 10.2 Å². The highest BCUT2D eigenvalue weighted by molar-refractivity contribution is 5.94. The number of carbonyl (C=O) groups excluding carboxylic acids is 1. The van der Waals surface area contributed by atoms with Gasteiger partial charge in [0.1, 0.15) is 0 Å². The van der Waals surface area contributed by atoms with E-state index in [0.717, 1.165) is 31.7 Å². The lowest BCUT2D eigenvalue weighted by molar-refractivity contribution is 0.101. The van der Waals surface area contributed by atoms with Gasteiger partial charge in [0.25, 0.3) is 0 Å². The van der Waals surface area contributed by atoms with E-state index in [9.17, 15) is 4.79 Å². The molecule has 1 aromatic rings. The summed E-state index contributed by atoms with van der Waals surface area (Å²) in [4.78, 5) is 16.1. The van der Waals surface area contributed by atoms with Crippen molar-refractivity contribution < 1.29 is 4.79 Å². The molecule has 2 rings (SSSR count). The average Bonchev–Trinajstić information content (AvgIpc) is 2.41. The number of nitrogens with one attached hydrogen (secondary N) is 1. The average molecular weight is 261 g/mol. The van der Waals surface area contributed by atoms with Crippen molar-refractivity contribution in [3.63, 3.8) is 0 Å². The Labute approximate surface area is 115 Å². The molecule has 19 heavy (non-hydrogen) atoms. The lowest BCUT2D eigenvalue weighted by Gasteiger charge is -2.40. The fraction of sp³-hybridized carbons (Fsp3) is 0.533. The molecule has 1 fully saturated rings. The topological polar surface area (TPSA) is 35.6 Å². The van der Waals surface area contributed by atoms with Gasteiger partial charge in [-0.2, -0.15) is 0 Å². The second kappa shape index (κ2) is 6.17. The number of piperazine rings is 1. The smallest absolute Gasteiger partial charge is 0.159 e. The zero-order valence-electron chi connectivity index (χ0n) is 12.0. The SMILES string of the molecule is CNCC1CN(c2ccc(C(C)=O)cc2)CCN1C. The van der Waals surface area contributed by atoms with E-state index in [1.165, 1.54) is 5.69 Å². The third kappa shape index (κ3) is 3.33. The van der Waals surface area contributed by atoms with Crippen LogP contribution in [0.3, 0.4) is 0 Å². The lowest BCUT2D eigenvalue weighted by Crippen LogP contribution is -2.54. The van der Waals surface area contributed by atoms with Crippen LogP contribution in [0, 0.1) is 0 Å². The van der Waals surface area contributed by atoms with Gasteiger partial charge >= 0.3 is 0 Å². The van der Waals surface area contributed by atoms with Crippen LogP contribution in [0.2, 0.25) is 0 Å². The summed E-state index contributed by atoms with van der Waals surface area (Å²) in [6.45, 7) is 5.74. The van der Waals surface area contributed by atoms with E-state index in [-0.39, 0.29) is 5.78 Å². The Kier molecular flexibility index (Phi) is 4.56. The lowest BCUT2D eigenvalue weighted by atomic mass is 10.1. The summed E-state index contributed by atoms with van der Waals surface area (Å²) in [6.07, 6.45) is 0. The Morgan fingerprint density at radius 3 is 2.58 bits per heavy atom. The Hall–Kier alpha value is -1.39. The molecule has 0 saturated carbocycles. The summed E-state index contributed by atoms with van der Waals surface area (Å²) >= 11 is 0. The molecule has 0 aromatic heterocycles. The van der Waals surface area contributed by atoms with E-state index < -0.39 is 0 Å². The molecule has 1 unspecified atom stereocenters. The minimum Gasteiger partial charge on any atom is -0.369 e. The number of rotatable bonds is 4. The number of hydrogen-bond acceptors (Lipinski definition) is 4. The molecule has 0 bridgehead atoms. The molecular formula is C15H23N3O. The largest absolute Gasteiger partial charge is 0.369 e. The first-order valence-electron chi connectivity index (χ1n) is 6.82. The zero-order valence-corrected chi connectivity index (χ0v) is 12.0. The molecule has 4 heteroatoms. The monoisotopic (exact) mass is 261 g/mol. The second-order valence-corrected chi connectivity index (χ2v) is 5.24. The number of hydrogen-bond donors (Lipinski definition) is 1. The highest BCUT2D eigenvalue weighted by atomic mass is 16.1. The zero-order chi connectivity index (χ0) is 13.8. The van der Waals surface area contributed by atoms with E-state index in [1.54, 1.807) is 6.92 Å². The van der Waals surface area contributed by atoms with Crippen molar-refractivity contribution in [1.29, 1.82) is 0 Å². The highest BCUT2D eigenvalue weighted by Crippen LogP contribution is 2.19. The Balaban J connectivity index is 2.07. The summed E-state index contributed by atoms with van der Waals surface area (Å²) in [6, 6.07) is 8.48. The Bertz CT molecular complexity index is 430. The maximum Gasteiger partial charge on any atom is 0.159 e. The summed E-state index contributed by atoms with van der Waals surface area (Å²) in [5.41, 5.74) is 1.99. The molecule has 1 N–H and O–H groups in total. The third-order valence-electron chi connectivity index (χ3n) is 3.86.